The van der Waals surface area contributed by atoms with E-state index in [0.717, 1.165) is 13.1 Å². The molecule has 0 spiro atoms. The standard InChI is InChI=1S/C14H18N2O3/c17-13(11-16-6-8-19-9-7-16)10-14(18)15-12-4-2-1-3-5-12/h1-5H,6-11H2,(H,15,18). The van der Waals surface area contributed by atoms with Crippen molar-refractivity contribution in [3.63, 3.8) is 0 Å². The van der Waals surface area contributed by atoms with Crippen LogP contribution in [0.3, 0.4) is 0 Å². The Hall–Kier alpha value is -1.72. The Kier molecular flexibility index (Phi) is 5.06. The highest BCUT2D eigenvalue weighted by atomic mass is 16.5. The summed E-state index contributed by atoms with van der Waals surface area (Å²) in [6, 6.07) is 9.14. The van der Waals surface area contributed by atoms with Crippen molar-refractivity contribution in [2.45, 2.75) is 6.42 Å². The summed E-state index contributed by atoms with van der Waals surface area (Å²) in [5.74, 6) is -0.320. The van der Waals surface area contributed by atoms with Crippen LogP contribution in [0, 0.1) is 0 Å². The molecule has 1 aromatic carbocycles. The largest absolute Gasteiger partial charge is 0.379 e. The van der Waals surface area contributed by atoms with Gasteiger partial charge in [-0.15, -0.1) is 0 Å². The van der Waals surface area contributed by atoms with Crippen LogP contribution in [-0.2, 0) is 14.3 Å². The number of Topliss-reactive ketones (excluding diaryl/α,β-unsaturated/α-hetero) is 1. The molecular weight excluding hydrogens is 244 g/mol. The molecule has 0 unspecified atom stereocenters. The second-order valence-corrected chi connectivity index (χ2v) is 4.52. The summed E-state index contributed by atoms with van der Waals surface area (Å²) in [7, 11) is 0. The first-order valence-corrected chi connectivity index (χ1v) is 6.41. The van der Waals surface area contributed by atoms with Crippen LogP contribution in [0.1, 0.15) is 6.42 Å². The second-order valence-electron chi connectivity index (χ2n) is 4.52. The number of carbonyl (C=O) groups excluding carboxylic acids is 2. The zero-order valence-corrected chi connectivity index (χ0v) is 10.8. The zero-order valence-electron chi connectivity index (χ0n) is 10.8. The summed E-state index contributed by atoms with van der Waals surface area (Å²) in [4.78, 5) is 25.5. The minimum absolute atomic E-state index is 0.0599. The number of nitrogens with one attached hydrogen (secondary N) is 1. The second kappa shape index (κ2) is 7.01. The van der Waals surface area contributed by atoms with Crippen molar-refractivity contribution >= 4 is 17.4 Å². The summed E-state index contributed by atoms with van der Waals surface area (Å²) in [5.41, 5.74) is 0.715. The fourth-order valence-corrected chi connectivity index (χ4v) is 1.97. The van der Waals surface area contributed by atoms with Gasteiger partial charge in [-0.1, -0.05) is 18.2 Å². The van der Waals surface area contributed by atoms with Crippen LogP contribution in [0.4, 0.5) is 5.69 Å². The molecule has 1 amide bonds. The molecule has 0 atom stereocenters. The lowest BCUT2D eigenvalue weighted by Crippen LogP contribution is -2.40. The molecule has 5 heteroatoms. The van der Waals surface area contributed by atoms with Crippen LogP contribution in [0.25, 0.3) is 0 Å². The Morgan fingerprint density at radius 1 is 1.16 bits per heavy atom. The highest BCUT2D eigenvalue weighted by Gasteiger charge is 2.16. The molecule has 1 heterocycles. The normalized spacial score (nSPS) is 16.0. The number of ketones is 1. The van der Waals surface area contributed by atoms with Gasteiger partial charge in [-0.05, 0) is 12.1 Å². The molecular formula is C14H18N2O3. The first-order chi connectivity index (χ1) is 9.24. The summed E-state index contributed by atoms with van der Waals surface area (Å²) in [6.45, 7) is 3.15. The summed E-state index contributed by atoms with van der Waals surface area (Å²) < 4.78 is 5.21. The maximum Gasteiger partial charge on any atom is 0.231 e. The summed E-state index contributed by atoms with van der Waals surface area (Å²) >= 11 is 0. The molecule has 0 aromatic heterocycles. The minimum atomic E-state index is -0.260. The Balaban J connectivity index is 1.74. The first kappa shape index (κ1) is 13.7. The van der Waals surface area contributed by atoms with Crippen molar-refractivity contribution in [2.75, 3.05) is 38.2 Å². The molecule has 0 aliphatic carbocycles. The maximum absolute atomic E-state index is 11.8. The smallest absolute Gasteiger partial charge is 0.231 e. The van der Waals surface area contributed by atoms with Crippen LogP contribution in [0.15, 0.2) is 30.3 Å². The van der Waals surface area contributed by atoms with E-state index in [-0.39, 0.29) is 18.1 Å². The molecule has 0 bridgehead atoms. The summed E-state index contributed by atoms with van der Waals surface area (Å²) in [5, 5.41) is 2.71. The number of carbonyl (C=O) groups is 2. The van der Waals surface area contributed by atoms with Crippen LogP contribution in [0.5, 0.6) is 0 Å². The molecule has 1 aromatic rings. The maximum atomic E-state index is 11.8. The van der Waals surface area contributed by atoms with Gasteiger partial charge in [0.25, 0.3) is 0 Å². The van der Waals surface area contributed by atoms with Crippen LogP contribution in [0.2, 0.25) is 0 Å². The van der Waals surface area contributed by atoms with Gasteiger partial charge in [0.15, 0.2) is 5.78 Å². The molecule has 1 N–H and O–H groups in total. The van der Waals surface area contributed by atoms with Crippen molar-refractivity contribution in [1.29, 1.82) is 0 Å². The topological polar surface area (TPSA) is 58.6 Å². The van der Waals surface area contributed by atoms with Gasteiger partial charge in [0, 0.05) is 18.8 Å². The van der Waals surface area contributed by atoms with Crippen molar-refractivity contribution < 1.29 is 14.3 Å². The van der Waals surface area contributed by atoms with Crippen molar-refractivity contribution in [2.24, 2.45) is 0 Å². The van der Waals surface area contributed by atoms with E-state index in [0.29, 0.717) is 25.4 Å². The van der Waals surface area contributed by atoms with E-state index in [9.17, 15) is 9.59 Å². The molecule has 19 heavy (non-hydrogen) atoms. The number of hydrogen-bond acceptors (Lipinski definition) is 4. The minimum Gasteiger partial charge on any atom is -0.379 e. The van der Waals surface area contributed by atoms with E-state index in [1.165, 1.54) is 0 Å². The molecule has 1 aliphatic rings. The van der Waals surface area contributed by atoms with E-state index in [1.807, 2.05) is 23.1 Å². The van der Waals surface area contributed by atoms with E-state index < -0.39 is 0 Å². The van der Waals surface area contributed by atoms with E-state index in [2.05, 4.69) is 5.32 Å². The lowest BCUT2D eigenvalue weighted by Gasteiger charge is -2.25. The molecule has 1 fully saturated rings. The Morgan fingerprint density at radius 3 is 2.53 bits per heavy atom. The molecule has 0 radical (unpaired) electrons. The van der Waals surface area contributed by atoms with Gasteiger partial charge in [-0.3, -0.25) is 14.5 Å². The average Bonchev–Trinajstić information content (AvgIpc) is 2.40. The highest BCUT2D eigenvalue weighted by Crippen LogP contribution is 2.06. The van der Waals surface area contributed by atoms with Gasteiger partial charge in [0.1, 0.15) is 0 Å². The van der Waals surface area contributed by atoms with E-state index >= 15 is 0 Å². The fourth-order valence-electron chi connectivity index (χ4n) is 1.97. The van der Waals surface area contributed by atoms with Gasteiger partial charge in [0.05, 0.1) is 26.2 Å². The monoisotopic (exact) mass is 262 g/mol. The number of hydrogen-bond donors (Lipinski definition) is 1. The third-order valence-electron chi connectivity index (χ3n) is 2.92. The van der Waals surface area contributed by atoms with Crippen LogP contribution < -0.4 is 5.32 Å². The Bertz CT molecular complexity index is 428. The molecule has 5 nitrogen and oxygen atoms in total. The predicted molar refractivity (Wildman–Crippen MR) is 72.0 cm³/mol. The molecule has 1 aliphatic heterocycles. The van der Waals surface area contributed by atoms with E-state index in [1.54, 1.807) is 12.1 Å². The van der Waals surface area contributed by atoms with Crippen molar-refractivity contribution in [3.05, 3.63) is 30.3 Å². The third-order valence-corrected chi connectivity index (χ3v) is 2.92. The van der Waals surface area contributed by atoms with Crippen molar-refractivity contribution in [1.82, 2.24) is 4.90 Å². The van der Waals surface area contributed by atoms with Crippen molar-refractivity contribution in [3.8, 4) is 0 Å². The lowest BCUT2D eigenvalue weighted by atomic mass is 10.2. The Morgan fingerprint density at radius 2 is 1.84 bits per heavy atom. The van der Waals surface area contributed by atoms with Gasteiger partial charge >= 0.3 is 0 Å². The van der Waals surface area contributed by atoms with Gasteiger partial charge in [-0.2, -0.15) is 0 Å². The number of rotatable bonds is 5. The van der Waals surface area contributed by atoms with Crippen LogP contribution >= 0.6 is 0 Å². The lowest BCUT2D eigenvalue weighted by molar-refractivity contribution is -0.126. The SMILES string of the molecule is O=C(CC(=O)Nc1ccccc1)CN1CCOCC1. The number of amides is 1. The number of benzene rings is 1. The summed E-state index contributed by atoms with van der Waals surface area (Å²) in [6.07, 6.45) is -0.0771. The molecule has 2 rings (SSSR count). The van der Waals surface area contributed by atoms with E-state index in [4.69, 9.17) is 4.74 Å². The molecule has 1 saturated heterocycles. The van der Waals surface area contributed by atoms with Crippen LogP contribution in [-0.4, -0.2) is 49.4 Å². The van der Waals surface area contributed by atoms with Gasteiger partial charge < -0.3 is 10.1 Å². The number of para-hydroxylation sites is 1. The fraction of sp³-hybridized carbons (Fsp3) is 0.429. The highest BCUT2D eigenvalue weighted by molar-refractivity contribution is 6.04. The molecule has 0 saturated carbocycles. The number of ether oxygens (including phenoxy) is 1. The predicted octanol–water partition coefficient (Wildman–Crippen LogP) is 0.917. The number of nitrogens with zero attached hydrogens (tertiary/aromatic N) is 1. The van der Waals surface area contributed by atoms with Gasteiger partial charge in [0.2, 0.25) is 5.91 Å². The third kappa shape index (κ3) is 4.81. The quantitative estimate of drug-likeness (QED) is 0.802. The average molecular weight is 262 g/mol. The first-order valence-electron chi connectivity index (χ1n) is 6.41. The number of anilines is 1. The Labute approximate surface area is 112 Å². The van der Waals surface area contributed by atoms with Gasteiger partial charge in [-0.25, -0.2) is 0 Å². The molecule has 102 valence electrons. The number of morpholine rings is 1. The zero-order chi connectivity index (χ0) is 13.5.